The van der Waals surface area contributed by atoms with Gasteiger partial charge in [0.25, 0.3) is 5.56 Å². The van der Waals surface area contributed by atoms with Crippen molar-refractivity contribution in [1.82, 2.24) is 24.5 Å². The second-order valence-electron chi connectivity index (χ2n) is 9.31. The first kappa shape index (κ1) is 21.8. The van der Waals surface area contributed by atoms with Crippen LogP contribution in [0, 0.1) is 11.6 Å². The third kappa shape index (κ3) is 3.97. The summed E-state index contributed by atoms with van der Waals surface area (Å²) in [5.74, 6) is -0.913. The Morgan fingerprint density at radius 3 is 2.66 bits per heavy atom. The van der Waals surface area contributed by atoms with Crippen LogP contribution in [0.4, 0.5) is 14.6 Å². The van der Waals surface area contributed by atoms with E-state index in [1.165, 1.54) is 23.0 Å². The van der Waals surface area contributed by atoms with Crippen LogP contribution < -0.4 is 10.5 Å². The Hall–Kier alpha value is -3.66. The van der Waals surface area contributed by atoms with E-state index in [9.17, 15) is 13.6 Å². The lowest BCUT2D eigenvalue weighted by Gasteiger charge is -2.37. The van der Waals surface area contributed by atoms with E-state index in [0.29, 0.717) is 35.7 Å². The van der Waals surface area contributed by atoms with Crippen molar-refractivity contribution in [1.29, 1.82) is 0 Å². The van der Waals surface area contributed by atoms with E-state index in [4.69, 9.17) is 9.72 Å². The zero-order valence-corrected chi connectivity index (χ0v) is 19.4. The lowest BCUT2D eigenvalue weighted by atomic mass is 10.0. The Balaban J connectivity index is 1.45. The van der Waals surface area contributed by atoms with Gasteiger partial charge in [-0.25, -0.2) is 18.4 Å². The smallest absolute Gasteiger partial charge is 0.274 e. The minimum atomic E-state index is -0.752. The quantitative estimate of drug-likeness (QED) is 0.444. The predicted octanol–water partition coefficient (Wildman–Crippen LogP) is 3.77. The maximum atomic E-state index is 14.8. The van der Waals surface area contributed by atoms with Gasteiger partial charge in [-0.1, -0.05) is 0 Å². The van der Waals surface area contributed by atoms with Gasteiger partial charge in [-0.05, 0) is 38.0 Å². The van der Waals surface area contributed by atoms with Crippen molar-refractivity contribution in [3.63, 3.8) is 0 Å². The van der Waals surface area contributed by atoms with Crippen molar-refractivity contribution >= 4 is 16.6 Å². The van der Waals surface area contributed by atoms with E-state index < -0.39 is 11.6 Å². The highest BCUT2D eigenvalue weighted by molar-refractivity contribution is 5.95. The van der Waals surface area contributed by atoms with Gasteiger partial charge in [0.05, 0.1) is 42.2 Å². The first-order valence-electron chi connectivity index (χ1n) is 11.6. The van der Waals surface area contributed by atoms with E-state index in [-0.39, 0.29) is 29.0 Å². The number of ether oxygens (including phenoxy) is 1. The number of morpholine rings is 1. The first-order valence-corrected chi connectivity index (χ1v) is 11.6. The van der Waals surface area contributed by atoms with E-state index in [2.05, 4.69) is 10.2 Å². The van der Waals surface area contributed by atoms with Crippen molar-refractivity contribution in [3.05, 3.63) is 70.4 Å². The fourth-order valence-corrected chi connectivity index (χ4v) is 4.65. The Morgan fingerprint density at radius 2 is 1.89 bits per heavy atom. The molecule has 180 valence electrons. The number of halogens is 2. The van der Waals surface area contributed by atoms with Crippen LogP contribution in [0.3, 0.4) is 0 Å². The number of aromatic nitrogens is 5. The Kier molecular flexibility index (Phi) is 5.14. The average Bonchev–Trinajstić information content (AvgIpc) is 3.57. The zero-order chi connectivity index (χ0) is 24.3. The maximum Gasteiger partial charge on any atom is 0.274 e. The highest BCUT2D eigenvalue weighted by Crippen LogP contribution is 2.36. The summed E-state index contributed by atoms with van der Waals surface area (Å²) in [5, 5.41) is 9.35. The molecule has 1 saturated carbocycles. The molecular weight excluding hydrogens is 454 g/mol. The van der Waals surface area contributed by atoms with Gasteiger partial charge >= 0.3 is 0 Å². The number of hydrogen-bond acceptors (Lipinski definition) is 6. The molecule has 0 N–H and O–H groups in total. The highest BCUT2D eigenvalue weighted by Gasteiger charge is 2.31. The van der Waals surface area contributed by atoms with Crippen molar-refractivity contribution in [2.45, 2.75) is 38.0 Å². The summed E-state index contributed by atoms with van der Waals surface area (Å²) in [6.07, 6.45) is 7.31. The summed E-state index contributed by atoms with van der Waals surface area (Å²) < 4.78 is 37.9. The van der Waals surface area contributed by atoms with Gasteiger partial charge in [-0.2, -0.15) is 10.2 Å². The number of fused-ring (bicyclic) bond motifs is 1. The van der Waals surface area contributed by atoms with Crippen molar-refractivity contribution in [2.75, 3.05) is 18.0 Å². The lowest BCUT2D eigenvalue weighted by molar-refractivity contribution is -0.0176. The number of anilines is 1. The molecule has 1 aliphatic heterocycles. The molecule has 2 fully saturated rings. The molecule has 0 unspecified atom stereocenters. The maximum absolute atomic E-state index is 14.8. The molecule has 8 nitrogen and oxygen atoms in total. The molecule has 1 aromatic carbocycles. The summed E-state index contributed by atoms with van der Waals surface area (Å²) >= 11 is 0. The number of pyridine rings is 1. The summed E-state index contributed by atoms with van der Waals surface area (Å²) in [5.41, 5.74) is 1.02. The topological polar surface area (TPSA) is 78.1 Å². The molecule has 1 aliphatic carbocycles. The van der Waals surface area contributed by atoms with Gasteiger partial charge in [0.1, 0.15) is 23.6 Å². The SMILES string of the molecule is C[C@H]1CN(c2cc3c(=O)n(C)ncc3c(-c3ccc(F)cc3F)n2)C[C@@H](c2cnn(C3CC3)c2)O1. The monoisotopic (exact) mass is 478 g/mol. The molecule has 3 aromatic heterocycles. The number of hydrogen-bond donors (Lipinski definition) is 0. The summed E-state index contributed by atoms with van der Waals surface area (Å²) in [7, 11) is 1.56. The van der Waals surface area contributed by atoms with Crippen LogP contribution in [0.5, 0.6) is 0 Å². The number of aryl methyl sites for hydroxylation is 1. The Labute approximate surface area is 199 Å². The van der Waals surface area contributed by atoms with Gasteiger partial charge in [0, 0.05) is 42.4 Å². The predicted molar refractivity (Wildman–Crippen MR) is 126 cm³/mol. The van der Waals surface area contributed by atoms with E-state index in [1.54, 1.807) is 13.1 Å². The molecule has 0 bridgehead atoms. The van der Waals surface area contributed by atoms with Gasteiger partial charge < -0.3 is 9.64 Å². The standard InChI is InChI=1S/C25H24F2N6O2/c1-14-11-32(13-22(35-14)15-9-29-33(12-15)17-4-5-17)23-8-19-20(10-28-31(2)25(19)34)24(30-23)18-6-3-16(26)7-21(18)27/h3,6-10,12,14,17,22H,4-5,11,13H2,1-2H3/t14-,22-/m0/s1. The summed E-state index contributed by atoms with van der Waals surface area (Å²) in [4.78, 5) is 19.8. The molecule has 1 saturated heterocycles. The fourth-order valence-electron chi connectivity index (χ4n) is 4.65. The van der Waals surface area contributed by atoms with Crippen LogP contribution in [-0.4, -0.2) is 43.7 Å². The van der Waals surface area contributed by atoms with Crippen LogP contribution in [0.1, 0.15) is 37.5 Å². The molecule has 2 atom stereocenters. The number of benzene rings is 1. The highest BCUT2D eigenvalue weighted by atomic mass is 19.1. The Bertz CT molecular complexity index is 1500. The minimum Gasteiger partial charge on any atom is -0.367 e. The second-order valence-corrected chi connectivity index (χ2v) is 9.31. The molecule has 10 heteroatoms. The molecular formula is C25H24F2N6O2. The molecule has 0 radical (unpaired) electrons. The second kappa shape index (κ2) is 8.23. The largest absolute Gasteiger partial charge is 0.367 e. The van der Waals surface area contributed by atoms with Gasteiger partial charge in [0.15, 0.2) is 0 Å². The zero-order valence-electron chi connectivity index (χ0n) is 19.4. The molecule has 0 amide bonds. The minimum absolute atomic E-state index is 0.108. The third-order valence-corrected chi connectivity index (χ3v) is 6.61. The number of rotatable bonds is 4. The molecule has 4 aromatic rings. The van der Waals surface area contributed by atoms with Crippen LogP contribution in [0.25, 0.3) is 22.0 Å². The van der Waals surface area contributed by atoms with Crippen LogP contribution >= 0.6 is 0 Å². The Morgan fingerprint density at radius 1 is 1.06 bits per heavy atom. The molecule has 6 rings (SSSR count). The fraction of sp³-hybridized carbons (Fsp3) is 0.360. The normalized spacial score (nSPS) is 20.5. The third-order valence-electron chi connectivity index (χ3n) is 6.61. The average molecular weight is 479 g/mol. The van der Waals surface area contributed by atoms with E-state index in [1.807, 2.05) is 28.9 Å². The van der Waals surface area contributed by atoms with Gasteiger partial charge in [-0.15, -0.1) is 0 Å². The van der Waals surface area contributed by atoms with E-state index in [0.717, 1.165) is 24.5 Å². The van der Waals surface area contributed by atoms with Crippen LogP contribution in [0.2, 0.25) is 0 Å². The van der Waals surface area contributed by atoms with Crippen molar-refractivity contribution < 1.29 is 13.5 Å². The number of nitrogens with zero attached hydrogens (tertiary/aromatic N) is 6. The first-order chi connectivity index (χ1) is 16.9. The van der Waals surface area contributed by atoms with Crippen molar-refractivity contribution in [3.8, 4) is 11.3 Å². The summed E-state index contributed by atoms with van der Waals surface area (Å²) in [6, 6.07) is 5.52. The molecule has 35 heavy (non-hydrogen) atoms. The lowest BCUT2D eigenvalue weighted by Crippen LogP contribution is -2.43. The van der Waals surface area contributed by atoms with Crippen LogP contribution in [0.15, 0.2) is 47.7 Å². The van der Waals surface area contributed by atoms with Crippen molar-refractivity contribution in [2.24, 2.45) is 7.05 Å². The van der Waals surface area contributed by atoms with Gasteiger partial charge in [0.2, 0.25) is 0 Å². The van der Waals surface area contributed by atoms with Gasteiger partial charge in [-0.3, -0.25) is 9.48 Å². The van der Waals surface area contributed by atoms with E-state index >= 15 is 0 Å². The summed E-state index contributed by atoms with van der Waals surface area (Å²) in [6.45, 7) is 3.02. The van der Waals surface area contributed by atoms with Crippen LogP contribution in [-0.2, 0) is 11.8 Å². The molecule has 2 aliphatic rings. The molecule has 0 spiro atoms. The molecule has 4 heterocycles.